The minimum atomic E-state index is -0.553. The van der Waals surface area contributed by atoms with Crippen molar-refractivity contribution in [2.24, 2.45) is 5.73 Å². The molecule has 2 heterocycles. The van der Waals surface area contributed by atoms with Crippen molar-refractivity contribution in [1.82, 2.24) is 4.98 Å². The van der Waals surface area contributed by atoms with Crippen LogP contribution in [0.25, 0.3) is 0 Å². The third kappa shape index (κ3) is 2.02. The summed E-state index contributed by atoms with van der Waals surface area (Å²) in [7, 11) is 1.73. The van der Waals surface area contributed by atoms with Gasteiger partial charge in [-0.3, -0.25) is 4.79 Å². The molecule has 0 saturated carbocycles. The predicted molar refractivity (Wildman–Crippen MR) is 72.1 cm³/mol. The number of amides is 1. The van der Waals surface area contributed by atoms with Crippen LogP contribution in [0.4, 0.5) is 5.69 Å². The van der Waals surface area contributed by atoms with E-state index in [2.05, 4.69) is 4.98 Å². The Hall–Kier alpha value is -1.79. The molecule has 0 aliphatic carbocycles. The fourth-order valence-electron chi connectivity index (χ4n) is 2.08. The lowest BCUT2D eigenvalue weighted by atomic mass is 10.1. The zero-order valence-corrected chi connectivity index (χ0v) is 11.4. The molecule has 0 saturated heterocycles. The first-order valence-electron chi connectivity index (χ1n) is 5.83. The fourth-order valence-corrected chi connectivity index (χ4v) is 2.88. The molecule has 19 heavy (non-hydrogen) atoms. The molecule has 1 aliphatic heterocycles. The van der Waals surface area contributed by atoms with E-state index < -0.39 is 6.04 Å². The van der Waals surface area contributed by atoms with Crippen molar-refractivity contribution in [3.05, 3.63) is 35.7 Å². The molecule has 1 aromatic heterocycles. The lowest BCUT2D eigenvalue weighted by molar-refractivity contribution is -0.118. The topological polar surface area (TPSA) is 72.4 Å². The molecule has 1 aromatic carbocycles. The van der Waals surface area contributed by atoms with E-state index in [-0.39, 0.29) is 5.91 Å². The first-order valence-corrected chi connectivity index (χ1v) is 6.65. The maximum absolute atomic E-state index is 11.8. The highest BCUT2D eigenvalue weighted by Crippen LogP contribution is 2.37. The summed E-state index contributed by atoms with van der Waals surface area (Å²) in [6.07, 6.45) is 1.61. The second-order valence-electron chi connectivity index (χ2n) is 4.45. The van der Waals surface area contributed by atoms with Crippen molar-refractivity contribution in [1.29, 1.82) is 0 Å². The maximum atomic E-state index is 11.8. The zero-order valence-electron chi connectivity index (χ0n) is 10.6. The molecule has 6 heteroatoms. The molecule has 1 aliphatic rings. The van der Waals surface area contributed by atoms with E-state index in [1.54, 1.807) is 18.2 Å². The number of likely N-dealkylation sites (N-methyl/N-ethyl adjacent to an activating group) is 1. The van der Waals surface area contributed by atoms with Crippen LogP contribution in [0.1, 0.15) is 17.3 Å². The number of benzene rings is 1. The summed E-state index contributed by atoms with van der Waals surface area (Å²) in [5, 5.41) is 0.591. The summed E-state index contributed by atoms with van der Waals surface area (Å²) in [6.45, 7) is 1.88. The van der Waals surface area contributed by atoms with Gasteiger partial charge in [-0.2, -0.15) is 0 Å². The van der Waals surface area contributed by atoms with Crippen LogP contribution in [0.5, 0.6) is 0 Å². The van der Waals surface area contributed by atoms with Crippen molar-refractivity contribution in [2.75, 3.05) is 11.9 Å². The largest absolute Gasteiger partial charge is 0.439 e. The van der Waals surface area contributed by atoms with Crippen molar-refractivity contribution >= 4 is 23.4 Å². The van der Waals surface area contributed by atoms with Crippen LogP contribution in [0.15, 0.2) is 39.0 Å². The Morgan fingerprint density at radius 3 is 2.95 bits per heavy atom. The van der Waals surface area contributed by atoms with E-state index in [1.165, 1.54) is 11.8 Å². The summed E-state index contributed by atoms with van der Waals surface area (Å²) in [4.78, 5) is 18.6. The molecule has 1 atom stereocenters. The van der Waals surface area contributed by atoms with Crippen LogP contribution in [0.2, 0.25) is 0 Å². The highest BCUT2D eigenvalue weighted by atomic mass is 32.2. The number of rotatable bonds is 2. The molecule has 0 bridgehead atoms. The van der Waals surface area contributed by atoms with Gasteiger partial charge in [-0.1, -0.05) is 6.07 Å². The molecule has 1 unspecified atom stereocenters. The van der Waals surface area contributed by atoms with Gasteiger partial charge in [0.25, 0.3) is 5.22 Å². The number of oxazole rings is 1. The average molecular weight is 275 g/mol. The Kier molecular flexibility index (Phi) is 2.83. The highest BCUT2D eigenvalue weighted by Gasteiger charge is 2.32. The first kappa shape index (κ1) is 12.3. The first-order chi connectivity index (χ1) is 9.06. The summed E-state index contributed by atoms with van der Waals surface area (Å²) in [5.74, 6) is -0.0795. The third-order valence-electron chi connectivity index (χ3n) is 3.10. The van der Waals surface area contributed by atoms with Gasteiger partial charge < -0.3 is 15.1 Å². The predicted octanol–water partition coefficient (Wildman–Crippen LogP) is 2.11. The lowest BCUT2D eigenvalue weighted by Gasteiger charge is -2.10. The monoisotopic (exact) mass is 275 g/mol. The summed E-state index contributed by atoms with van der Waals surface area (Å²) >= 11 is 1.42. The van der Waals surface area contributed by atoms with Crippen LogP contribution < -0.4 is 10.6 Å². The molecule has 1 amide bonds. The van der Waals surface area contributed by atoms with Gasteiger partial charge in [0.2, 0.25) is 5.91 Å². The molecule has 0 fully saturated rings. The quantitative estimate of drug-likeness (QED) is 0.908. The van der Waals surface area contributed by atoms with Crippen molar-refractivity contribution in [3.63, 3.8) is 0 Å². The van der Waals surface area contributed by atoms with Crippen LogP contribution in [0, 0.1) is 6.92 Å². The average Bonchev–Trinajstić information content (AvgIpc) is 2.89. The Labute approximate surface area is 114 Å². The highest BCUT2D eigenvalue weighted by molar-refractivity contribution is 7.99. The van der Waals surface area contributed by atoms with Crippen LogP contribution in [-0.2, 0) is 4.79 Å². The van der Waals surface area contributed by atoms with E-state index in [0.29, 0.717) is 5.22 Å². The minimum Gasteiger partial charge on any atom is -0.439 e. The molecular weight excluding hydrogens is 262 g/mol. The van der Waals surface area contributed by atoms with Crippen molar-refractivity contribution in [3.8, 4) is 0 Å². The maximum Gasteiger partial charge on any atom is 0.260 e. The standard InChI is InChI=1S/C13H13N3O2S/c1-7-6-18-13(15-7)19-8-3-4-9-10(5-8)16(2)12(17)11(9)14/h3-6,11H,14H2,1-2H3. The summed E-state index contributed by atoms with van der Waals surface area (Å²) < 4.78 is 5.30. The van der Waals surface area contributed by atoms with Gasteiger partial charge in [0.15, 0.2) is 0 Å². The molecule has 98 valence electrons. The number of nitrogens with two attached hydrogens (primary N) is 1. The van der Waals surface area contributed by atoms with Gasteiger partial charge in [-0.25, -0.2) is 4.98 Å². The van der Waals surface area contributed by atoms with Crippen LogP contribution in [0.3, 0.4) is 0 Å². The molecule has 3 rings (SSSR count). The SMILES string of the molecule is Cc1coc(Sc2ccc3c(c2)N(C)C(=O)C3N)n1. The summed E-state index contributed by atoms with van der Waals surface area (Å²) in [5.41, 5.74) is 8.42. The molecular formula is C13H13N3O2S. The molecule has 0 spiro atoms. The molecule has 5 nitrogen and oxygen atoms in total. The van der Waals surface area contributed by atoms with E-state index in [0.717, 1.165) is 21.8 Å². The van der Waals surface area contributed by atoms with Gasteiger partial charge in [0.1, 0.15) is 12.3 Å². The fraction of sp³-hybridized carbons (Fsp3) is 0.231. The Morgan fingerprint density at radius 2 is 2.26 bits per heavy atom. The number of carbonyl (C=O) groups excluding carboxylic acids is 1. The second-order valence-corrected chi connectivity index (χ2v) is 5.48. The molecule has 2 aromatic rings. The number of fused-ring (bicyclic) bond motifs is 1. The number of anilines is 1. The Bertz CT molecular complexity index is 653. The number of aromatic nitrogens is 1. The van der Waals surface area contributed by atoms with Crippen molar-refractivity contribution in [2.45, 2.75) is 23.1 Å². The van der Waals surface area contributed by atoms with E-state index >= 15 is 0 Å². The second kappa shape index (κ2) is 4.40. The minimum absolute atomic E-state index is 0.0795. The summed E-state index contributed by atoms with van der Waals surface area (Å²) in [6, 6.07) is 5.20. The zero-order chi connectivity index (χ0) is 13.6. The smallest absolute Gasteiger partial charge is 0.260 e. The van der Waals surface area contributed by atoms with Gasteiger partial charge in [0.05, 0.1) is 5.69 Å². The van der Waals surface area contributed by atoms with Gasteiger partial charge in [-0.05, 0) is 30.8 Å². The Balaban J connectivity index is 1.92. The normalized spacial score (nSPS) is 17.9. The van der Waals surface area contributed by atoms with Crippen LogP contribution >= 0.6 is 11.8 Å². The number of aryl methyl sites for hydroxylation is 1. The number of hydrogen-bond donors (Lipinski definition) is 1. The van der Waals surface area contributed by atoms with E-state index in [9.17, 15) is 4.79 Å². The Morgan fingerprint density at radius 1 is 1.47 bits per heavy atom. The number of nitrogens with zero attached hydrogens (tertiary/aromatic N) is 2. The lowest BCUT2D eigenvalue weighted by Crippen LogP contribution is -2.27. The number of hydrogen-bond acceptors (Lipinski definition) is 5. The van der Waals surface area contributed by atoms with E-state index in [4.69, 9.17) is 10.2 Å². The van der Waals surface area contributed by atoms with Gasteiger partial charge in [-0.15, -0.1) is 0 Å². The molecule has 0 radical (unpaired) electrons. The molecule has 2 N–H and O–H groups in total. The number of carbonyl (C=O) groups is 1. The van der Waals surface area contributed by atoms with Crippen LogP contribution in [-0.4, -0.2) is 17.9 Å². The van der Waals surface area contributed by atoms with Gasteiger partial charge >= 0.3 is 0 Å². The third-order valence-corrected chi connectivity index (χ3v) is 3.95. The van der Waals surface area contributed by atoms with E-state index in [1.807, 2.05) is 25.1 Å². The van der Waals surface area contributed by atoms with Crippen molar-refractivity contribution < 1.29 is 9.21 Å². The van der Waals surface area contributed by atoms with Gasteiger partial charge in [0, 0.05) is 23.2 Å².